The number of hydrogen-bond donors (Lipinski definition) is 0. The van der Waals surface area contributed by atoms with Gasteiger partial charge in [-0.15, -0.1) is 0 Å². The fourth-order valence-corrected chi connectivity index (χ4v) is 0.354. The van der Waals surface area contributed by atoms with E-state index in [4.69, 9.17) is 0 Å². The molecule has 0 atom stereocenters. The molecule has 0 unspecified atom stereocenters. The van der Waals surface area contributed by atoms with Gasteiger partial charge in [0.1, 0.15) is 0 Å². The molecule has 1 heteroatoms. The molecule has 0 aromatic carbocycles. The van der Waals surface area contributed by atoms with Crippen molar-refractivity contribution in [3.8, 4) is 0 Å². The van der Waals surface area contributed by atoms with Crippen molar-refractivity contribution in [3.63, 3.8) is 0 Å². The molecule has 0 rings (SSSR count). The van der Waals surface area contributed by atoms with Crippen molar-refractivity contribution in [1.29, 1.82) is 0 Å². The van der Waals surface area contributed by atoms with Crippen LogP contribution in [-0.4, -0.2) is 17.7 Å². The van der Waals surface area contributed by atoms with Crippen LogP contribution >= 0.6 is 0 Å². The third-order valence-electron chi connectivity index (χ3n) is 0.707. The molecule has 0 aliphatic rings. The van der Waals surface area contributed by atoms with Crippen LogP contribution < -0.4 is 0 Å². The number of hydrogen-bond acceptors (Lipinski definition) is 0. The standard InChI is InChI=1S/C4H9.Li/c1-3-4-2;/h1,3-4H2,2H3;/i;1+63. The zero-order valence-electron chi connectivity index (χ0n) is 4.12. The molecule has 0 bridgehead atoms. The molecule has 0 aromatic heterocycles. The molecule has 0 saturated carbocycles. The Labute approximate surface area is 43.2 Å². The predicted molar refractivity (Wildman–Crippen MR) is 25.5 cm³/mol. The van der Waals surface area contributed by atoms with Crippen LogP contribution in [0.25, 0.3) is 0 Å². The molecule has 0 aliphatic heterocycles. The van der Waals surface area contributed by atoms with Crippen LogP contribution in [0, 0.1) is 0 Å². The van der Waals surface area contributed by atoms with Crippen molar-refractivity contribution in [2.75, 3.05) is 0 Å². The summed E-state index contributed by atoms with van der Waals surface area (Å²) in [6.07, 6.45) is 2.73. The minimum absolute atomic E-state index is 1.34. The van der Waals surface area contributed by atoms with Gasteiger partial charge in [0, 0.05) is 0 Å². The Morgan fingerprint density at radius 1 is 1.60 bits per heavy atom. The van der Waals surface area contributed by atoms with Gasteiger partial charge in [0.25, 0.3) is 0 Å². The molecule has 0 fully saturated rings. The summed E-state index contributed by atoms with van der Waals surface area (Å²) >= 11 is 2.21. The summed E-state index contributed by atoms with van der Waals surface area (Å²) < 4.78 is 0. The molecule has 0 spiro atoms. The van der Waals surface area contributed by atoms with Gasteiger partial charge in [0.05, 0.1) is 0 Å². The molecular formula is C4H9Li. The van der Waals surface area contributed by atoms with Crippen molar-refractivity contribution in [2.24, 2.45) is 0 Å². The quantitative estimate of drug-likeness (QED) is 0.491. The average Bonchev–Trinajstić information content (AvgIpc) is 1.41. The Morgan fingerprint density at radius 3 is 2.20 bits per heavy atom. The SMILES string of the molecule is [70Li][CH2]CCC. The summed E-state index contributed by atoms with van der Waals surface area (Å²) in [6, 6.07) is 0. The Hall–Kier alpha value is 0.597. The van der Waals surface area contributed by atoms with Gasteiger partial charge in [-0.1, -0.05) is 0 Å². The van der Waals surface area contributed by atoms with Gasteiger partial charge in [-0.25, -0.2) is 0 Å². The van der Waals surface area contributed by atoms with Crippen LogP contribution in [-0.2, 0) is 0 Å². The van der Waals surface area contributed by atoms with Gasteiger partial charge in [0.15, 0.2) is 0 Å². The predicted octanol–water partition coefficient (Wildman–Crippen LogP) is 1.37. The third-order valence-corrected chi connectivity index (χ3v) is 0.707. The fraction of sp³-hybridized carbons (Fsp3) is 1.00. The average molecular weight is 127 g/mol. The second kappa shape index (κ2) is 4.60. The first kappa shape index (κ1) is 5.60. The molecule has 0 aliphatic carbocycles. The molecule has 0 nitrogen and oxygen atoms in total. The summed E-state index contributed by atoms with van der Waals surface area (Å²) in [5.41, 5.74) is 0. The monoisotopic (exact) mass is 127 g/mol. The van der Waals surface area contributed by atoms with Gasteiger partial charge in [-0.3, -0.25) is 0 Å². The molecule has 0 heterocycles. The van der Waals surface area contributed by atoms with Crippen molar-refractivity contribution < 1.29 is 0 Å². The Kier molecular flexibility index (Phi) is 5.15. The maximum absolute atomic E-state index is 2.21. The van der Waals surface area contributed by atoms with E-state index in [2.05, 4.69) is 24.6 Å². The maximum atomic E-state index is 2.21. The Bertz CT molecular complexity index is 11.1. The normalized spacial score (nSPS) is 8.60. The van der Waals surface area contributed by atoms with Crippen LogP contribution in [0.4, 0.5) is 0 Å². The van der Waals surface area contributed by atoms with E-state index in [1.54, 1.807) is 0 Å². The Balaban J connectivity index is 2.19. The summed E-state index contributed by atoms with van der Waals surface area (Å²) in [5, 5.41) is 1.34. The van der Waals surface area contributed by atoms with Crippen molar-refractivity contribution in [3.05, 3.63) is 0 Å². The van der Waals surface area contributed by atoms with Crippen LogP contribution in [0.1, 0.15) is 19.8 Å². The van der Waals surface area contributed by atoms with E-state index in [-0.39, 0.29) is 0 Å². The third kappa shape index (κ3) is 4.60. The molecule has 26 valence electrons. The zero-order valence-corrected chi connectivity index (χ0v) is 4.12. The van der Waals surface area contributed by atoms with Crippen LogP contribution in [0.15, 0.2) is 0 Å². The first-order valence-electron chi connectivity index (χ1n) is 2.41. The van der Waals surface area contributed by atoms with E-state index in [1.807, 2.05) is 0 Å². The second-order valence-electron chi connectivity index (χ2n) is 1.35. The topological polar surface area (TPSA) is 0 Å². The van der Waals surface area contributed by atoms with E-state index >= 15 is 0 Å². The van der Waals surface area contributed by atoms with Crippen molar-refractivity contribution in [2.45, 2.75) is 24.9 Å². The molecule has 0 aromatic rings. The molecule has 0 radical (unpaired) electrons. The minimum atomic E-state index is 1.34. The Morgan fingerprint density at radius 2 is 2.20 bits per heavy atom. The molecular weight excluding hydrogens is 118 g/mol. The second-order valence-corrected chi connectivity index (χ2v) is 1.35. The van der Waals surface area contributed by atoms with Gasteiger partial charge in [0.2, 0.25) is 0 Å². The van der Waals surface area contributed by atoms with Crippen LogP contribution in [0.2, 0.25) is 5.09 Å². The van der Waals surface area contributed by atoms with E-state index < -0.39 is 0 Å². The van der Waals surface area contributed by atoms with Crippen molar-refractivity contribution >= 4 is 17.7 Å². The van der Waals surface area contributed by atoms with Crippen LogP contribution in [0.3, 0.4) is 0 Å². The van der Waals surface area contributed by atoms with Crippen LogP contribution in [0.5, 0.6) is 0 Å². The molecule has 0 saturated heterocycles. The summed E-state index contributed by atoms with van der Waals surface area (Å²) in [4.78, 5) is 0. The summed E-state index contributed by atoms with van der Waals surface area (Å²) in [7, 11) is 0. The first-order valence-corrected chi connectivity index (χ1v) is 2.41. The van der Waals surface area contributed by atoms with Gasteiger partial charge < -0.3 is 0 Å². The van der Waals surface area contributed by atoms with Gasteiger partial charge in [-0.2, -0.15) is 0 Å². The van der Waals surface area contributed by atoms with E-state index in [0.29, 0.717) is 0 Å². The van der Waals surface area contributed by atoms with E-state index in [0.717, 1.165) is 0 Å². The fourth-order valence-electron chi connectivity index (χ4n) is 0.354. The van der Waals surface area contributed by atoms with Gasteiger partial charge >= 0.3 is 42.6 Å². The van der Waals surface area contributed by atoms with Crippen molar-refractivity contribution in [1.82, 2.24) is 0 Å². The first-order chi connectivity index (χ1) is 2.41. The number of rotatable bonds is 2. The number of unbranched alkanes of at least 4 members (excludes halogenated alkanes) is 1. The van der Waals surface area contributed by atoms with Gasteiger partial charge in [-0.05, 0) is 0 Å². The summed E-state index contributed by atoms with van der Waals surface area (Å²) in [6.45, 7) is 2.21. The van der Waals surface area contributed by atoms with E-state index in [1.165, 1.54) is 17.9 Å². The van der Waals surface area contributed by atoms with E-state index in [9.17, 15) is 0 Å². The zero-order chi connectivity index (χ0) is 4.12. The molecule has 0 N–H and O–H groups in total. The summed E-state index contributed by atoms with van der Waals surface area (Å²) in [5.74, 6) is 0. The molecule has 5 heavy (non-hydrogen) atoms. The molecule has 0 amide bonds.